The number of carbonyl (C=O) groups is 4. The molecule has 0 heterocycles. The third-order valence-corrected chi connectivity index (χ3v) is 4.01. The minimum atomic E-state index is -1.25. The molecule has 12 heteroatoms. The molecule has 4 atom stereocenters. The number of aliphatic hydroxyl groups is 1. The summed E-state index contributed by atoms with van der Waals surface area (Å²) < 4.78 is 0. The monoisotopic (exact) mass is 407 g/mol. The fourth-order valence-electron chi connectivity index (χ4n) is 1.97. The number of aliphatic carboxylic acids is 1. The first-order valence-corrected chi connectivity index (χ1v) is 9.12. The van der Waals surface area contributed by atoms with Gasteiger partial charge in [-0.15, -0.1) is 0 Å². The maximum absolute atomic E-state index is 12.3. The van der Waals surface area contributed by atoms with E-state index < -0.39 is 54.5 Å². The van der Waals surface area contributed by atoms with Crippen LogP contribution >= 0.6 is 12.6 Å². The smallest absolute Gasteiger partial charge is 0.327 e. The second-order valence-electron chi connectivity index (χ2n) is 5.97. The number of amides is 3. The second-order valence-corrected chi connectivity index (χ2v) is 6.34. The van der Waals surface area contributed by atoms with E-state index in [0.29, 0.717) is 19.4 Å². The molecular formula is C15H29N5O6S. The zero-order valence-electron chi connectivity index (χ0n) is 15.2. The number of carbonyl (C=O) groups excluding carboxylic acids is 3. The molecule has 0 aromatic heterocycles. The van der Waals surface area contributed by atoms with Gasteiger partial charge in [0.15, 0.2) is 0 Å². The quantitative estimate of drug-likeness (QED) is 0.116. The van der Waals surface area contributed by atoms with Crippen LogP contribution in [-0.4, -0.2) is 77.0 Å². The Labute approximate surface area is 163 Å². The molecule has 0 aromatic rings. The van der Waals surface area contributed by atoms with Crippen LogP contribution in [0.1, 0.15) is 26.2 Å². The molecule has 0 spiro atoms. The van der Waals surface area contributed by atoms with Crippen LogP contribution in [0.2, 0.25) is 0 Å². The number of rotatable bonds is 13. The lowest BCUT2D eigenvalue weighted by molar-refractivity contribution is -0.141. The first-order valence-electron chi connectivity index (χ1n) is 8.48. The Morgan fingerprint density at radius 1 is 1.07 bits per heavy atom. The predicted molar refractivity (Wildman–Crippen MR) is 101 cm³/mol. The highest BCUT2D eigenvalue weighted by Crippen LogP contribution is 2.02. The Morgan fingerprint density at radius 3 is 2.19 bits per heavy atom. The number of nitrogens with two attached hydrogens (primary N) is 2. The molecule has 0 fully saturated rings. The molecule has 0 radical (unpaired) electrons. The molecule has 0 rings (SSSR count). The van der Waals surface area contributed by atoms with Crippen LogP contribution in [0, 0.1) is 0 Å². The van der Waals surface area contributed by atoms with Gasteiger partial charge in [0.25, 0.3) is 0 Å². The molecule has 0 aromatic carbocycles. The largest absolute Gasteiger partial charge is 0.480 e. The van der Waals surface area contributed by atoms with Gasteiger partial charge in [-0.2, -0.15) is 12.6 Å². The number of unbranched alkanes of at least 4 members (excludes halogenated alkanes) is 1. The highest BCUT2D eigenvalue weighted by Gasteiger charge is 2.26. The Kier molecular flexibility index (Phi) is 12.4. The van der Waals surface area contributed by atoms with Gasteiger partial charge in [-0.1, -0.05) is 0 Å². The van der Waals surface area contributed by atoms with E-state index in [2.05, 4.69) is 28.6 Å². The Morgan fingerprint density at radius 2 is 1.70 bits per heavy atom. The first kappa shape index (κ1) is 25.1. The number of thiol groups is 1. The maximum Gasteiger partial charge on any atom is 0.327 e. The van der Waals surface area contributed by atoms with E-state index in [9.17, 15) is 24.3 Å². The van der Waals surface area contributed by atoms with Crippen molar-refractivity contribution in [2.75, 3.05) is 18.8 Å². The molecule has 0 bridgehead atoms. The lowest BCUT2D eigenvalue weighted by Crippen LogP contribution is -2.55. The number of hydrogen-bond donors (Lipinski definition) is 8. The molecule has 4 unspecified atom stereocenters. The number of carboxylic acid groups (broad SMARTS) is 1. The third kappa shape index (κ3) is 10.1. The summed E-state index contributed by atoms with van der Waals surface area (Å²) in [5.41, 5.74) is 11.0. The minimum absolute atomic E-state index is 0.107. The predicted octanol–water partition coefficient (Wildman–Crippen LogP) is -3.08. The van der Waals surface area contributed by atoms with Crippen LogP contribution in [0.4, 0.5) is 0 Å². The van der Waals surface area contributed by atoms with Gasteiger partial charge in [0.1, 0.15) is 18.1 Å². The van der Waals surface area contributed by atoms with Crippen molar-refractivity contribution < 1.29 is 29.4 Å². The lowest BCUT2D eigenvalue weighted by Gasteiger charge is -2.22. The highest BCUT2D eigenvalue weighted by molar-refractivity contribution is 7.80. The van der Waals surface area contributed by atoms with E-state index in [1.807, 2.05) is 0 Å². The van der Waals surface area contributed by atoms with E-state index in [1.54, 1.807) is 0 Å². The molecule has 0 aliphatic carbocycles. The summed E-state index contributed by atoms with van der Waals surface area (Å²) in [5, 5.41) is 25.2. The average molecular weight is 407 g/mol. The average Bonchev–Trinajstić information content (AvgIpc) is 2.62. The first-order chi connectivity index (χ1) is 12.6. The van der Waals surface area contributed by atoms with Crippen molar-refractivity contribution in [2.45, 2.75) is 50.4 Å². The van der Waals surface area contributed by atoms with E-state index in [4.69, 9.17) is 16.6 Å². The van der Waals surface area contributed by atoms with Gasteiger partial charge in [0.05, 0.1) is 12.6 Å². The summed E-state index contributed by atoms with van der Waals surface area (Å²) in [6.07, 6.45) is 0.339. The standard InChI is InChI=1S/C15H29N5O6S/c1-8(21)12(17)14(24)20-9(4-2-3-5-16)13(23)18-6-11(22)19-10(7-27)15(25)26/h8-10,12,21,27H,2-7,16-17H2,1H3,(H,18,23)(H,19,22)(H,20,24)(H,25,26). The van der Waals surface area contributed by atoms with Crippen LogP contribution < -0.4 is 27.4 Å². The van der Waals surface area contributed by atoms with E-state index in [-0.39, 0.29) is 12.2 Å². The minimum Gasteiger partial charge on any atom is -0.480 e. The van der Waals surface area contributed by atoms with Crippen molar-refractivity contribution in [3.05, 3.63) is 0 Å². The summed E-state index contributed by atoms with van der Waals surface area (Å²) in [4.78, 5) is 46.9. The van der Waals surface area contributed by atoms with Gasteiger partial charge in [-0.3, -0.25) is 14.4 Å². The van der Waals surface area contributed by atoms with Crippen LogP contribution in [0.15, 0.2) is 0 Å². The number of nitrogens with one attached hydrogen (secondary N) is 3. The molecule has 0 saturated heterocycles. The summed E-state index contributed by atoms with van der Waals surface area (Å²) in [6, 6.07) is -3.35. The van der Waals surface area contributed by atoms with Gasteiger partial charge in [0, 0.05) is 5.75 Å². The number of hydrogen-bond acceptors (Lipinski definition) is 8. The highest BCUT2D eigenvalue weighted by atomic mass is 32.1. The van der Waals surface area contributed by atoms with Crippen LogP contribution in [-0.2, 0) is 19.2 Å². The van der Waals surface area contributed by atoms with E-state index in [0.717, 1.165) is 0 Å². The summed E-state index contributed by atoms with van der Waals surface area (Å²) >= 11 is 3.82. The van der Waals surface area contributed by atoms with E-state index in [1.165, 1.54) is 6.92 Å². The molecule has 0 aliphatic heterocycles. The maximum atomic E-state index is 12.3. The van der Waals surface area contributed by atoms with Crippen LogP contribution in [0.3, 0.4) is 0 Å². The lowest BCUT2D eigenvalue weighted by atomic mass is 10.1. The van der Waals surface area contributed by atoms with Gasteiger partial charge >= 0.3 is 5.97 Å². The molecule has 11 nitrogen and oxygen atoms in total. The van der Waals surface area contributed by atoms with Gasteiger partial charge in [0.2, 0.25) is 17.7 Å². The molecule has 3 amide bonds. The molecule has 156 valence electrons. The second kappa shape index (κ2) is 13.3. The fourth-order valence-corrected chi connectivity index (χ4v) is 2.22. The van der Waals surface area contributed by atoms with Gasteiger partial charge in [-0.25, -0.2) is 4.79 Å². The van der Waals surface area contributed by atoms with Gasteiger partial charge in [-0.05, 0) is 32.7 Å². The van der Waals surface area contributed by atoms with E-state index >= 15 is 0 Å². The number of carboxylic acids is 1. The Bertz CT molecular complexity index is 519. The SMILES string of the molecule is CC(O)C(N)C(=O)NC(CCCCN)C(=O)NCC(=O)NC(CS)C(=O)O. The molecule has 0 saturated carbocycles. The summed E-state index contributed by atoms with van der Waals surface area (Å²) in [7, 11) is 0. The normalized spacial score (nSPS) is 15.1. The summed E-state index contributed by atoms with van der Waals surface area (Å²) in [5.74, 6) is -3.40. The molecular weight excluding hydrogens is 378 g/mol. The zero-order valence-corrected chi connectivity index (χ0v) is 16.1. The molecule has 9 N–H and O–H groups in total. The molecule has 27 heavy (non-hydrogen) atoms. The fraction of sp³-hybridized carbons (Fsp3) is 0.733. The third-order valence-electron chi connectivity index (χ3n) is 3.64. The number of aliphatic hydroxyl groups excluding tert-OH is 1. The van der Waals surface area contributed by atoms with Crippen LogP contribution in [0.25, 0.3) is 0 Å². The summed E-state index contributed by atoms with van der Waals surface area (Å²) in [6.45, 7) is 1.29. The molecule has 0 aliphatic rings. The van der Waals surface area contributed by atoms with Crippen molar-refractivity contribution in [1.82, 2.24) is 16.0 Å². The Hall–Kier alpha value is -1.89. The van der Waals surface area contributed by atoms with Crippen molar-refractivity contribution in [1.29, 1.82) is 0 Å². The van der Waals surface area contributed by atoms with Crippen molar-refractivity contribution >= 4 is 36.3 Å². The zero-order chi connectivity index (χ0) is 21.0. The van der Waals surface area contributed by atoms with Crippen molar-refractivity contribution in [3.8, 4) is 0 Å². The van der Waals surface area contributed by atoms with Gasteiger partial charge < -0.3 is 37.6 Å². The van der Waals surface area contributed by atoms with Crippen LogP contribution in [0.5, 0.6) is 0 Å². The topological polar surface area (TPSA) is 197 Å². The Balaban J connectivity index is 4.75. The van der Waals surface area contributed by atoms with Crippen molar-refractivity contribution in [2.24, 2.45) is 11.5 Å². The van der Waals surface area contributed by atoms with Crippen molar-refractivity contribution in [3.63, 3.8) is 0 Å².